The van der Waals surface area contributed by atoms with Gasteiger partial charge < -0.3 is 15.4 Å². The molecule has 0 saturated carbocycles. The van der Waals surface area contributed by atoms with Crippen molar-refractivity contribution in [2.75, 3.05) is 12.4 Å². The van der Waals surface area contributed by atoms with Gasteiger partial charge in [0.25, 0.3) is 0 Å². The summed E-state index contributed by atoms with van der Waals surface area (Å²) in [7, 11) is 1.53. The molecule has 0 radical (unpaired) electrons. The number of rotatable bonds is 4. The van der Waals surface area contributed by atoms with E-state index in [0.29, 0.717) is 16.8 Å². The molecule has 2 rings (SSSR count). The lowest BCUT2D eigenvalue weighted by molar-refractivity contribution is 0.397. The number of aromatic nitrogens is 2. The van der Waals surface area contributed by atoms with Crippen LogP contribution in [0.5, 0.6) is 5.88 Å². The van der Waals surface area contributed by atoms with Crippen LogP contribution in [0.2, 0.25) is 0 Å². The summed E-state index contributed by atoms with van der Waals surface area (Å²) in [6, 6.07) is 7.83. The zero-order chi connectivity index (χ0) is 15.2. The highest BCUT2D eigenvalue weighted by Gasteiger charge is 2.08. The maximum absolute atomic E-state index is 12.9. The van der Waals surface area contributed by atoms with Gasteiger partial charge in [-0.3, -0.25) is 0 Å². The Morgan fingerprint density at radius 2 is 2.00 bits per heavy atom. The second-order valence-corrected chi connectivity index (χ2v) is 4.73. The van der Waals surface area contributed by atoms with Gasteiger partial charge in [0.15, 0.2) is 5.11 Å². The van der Waals surface area contributed by atoms with E-state index >= 15 is 0 Å². The summed E-state index contributed by atoms with van der Waals surface area (Å²) in [6.07, 6.45) is 1.38. The van der Waals surface area contributed by atoms with Crippen LogP contribution in [-0.4, -0.2) is 22.2 Å². The van der Waals surface area contributed by atoms with Crippen LogP contribution in [0.3, 0.4) is 0 Å². The van der Waals surface area contributed by atoms with Crippen molar-refractivity contribution in [1.29, 1.82) is 0 Å². The molecule has 1 heterocycles. The molecular formula is C14H15FN4OS. The van der Waals surface area contributed by atoms with Crippen LogP contribution in [0.25, 0.3) is 0 Å². The first-order valence-corrected chi connectivity index (χ1v) is 6.68. The van der Waals surface area contributed by atoms with Gasteiger partial charge in [0.05, 0.1) is 13.2 Å². The van der Waals surface area contributed by atoms with Crippen molar-refractivity contribution in [3.63, 3.8) is 0 Å². The highest BCUT2D eigenvalue weighted by Crippen LogP contribution is 2.14. The van der Waals surface area contributed by atoms with Crippen LogP contribution < -0.4 is 15.4 Å². The molecule has 0 unspecified atom stereocenters. The van der Waals surface area contributed by atoms with Gasteiger partial charge in [-0.05, 0) is 36.8 Å². The van der Waals surface area contributed by atoms with E-state index in [1.54, 1.807) is 18.2 Å². The summed E-state index contributed by atoms with van der Waals surface area (Å²) in [4.78, 5) is 7.95. The van der Waals surface area contributed by atoms with E-state index < -0.39 is 0 Å². The molecule has 0 spiro atoms. The number of hydrogen-bond donors (Lipinski definition) is 2. The molecule has 0 aliphatic rings. The summed E-state index contributed by atoms with van der Waals surface area (Å²) >= 11 is 5.22. The minimum Gasteiger partial charge on any atom is -0.481 e. The number of ether oxygens (including phenoxy) is 1. The molecule has 1 aromatic carbocycles. The molecule has 0 saturated heterocycles. The molecule has 2 aromatic rings. The number of thiocarbonyl (C=S) groups is 1. The van der Waals surface area contributed by atoms with E-state index in [4.69, 9.17) is 17.0 Å². The Kier molecular flexibility index (Phi) is 4.99. The van der Waals surface area contributed by atoms with Crippen molar-refractivity contribution in [1.82, 2.24) is 15.3 Å². The smallest absolute Gasteiger partial charge is 0.218 e. The number of benzene rings is 1. The molecule has 0 bridgehead atoms. The topological polar surface area (TPSA) is 59.1 Å². The maximum Gasteiger partial charge on any atom is 0.218 e. The Bertz CT molecular complexity index is 621. The lowest BCUT2D eigenvalue weighted by Crippen LogP contribution is -2.31. The van der Waals surface area contributed by atoms with E-state index in [2.05, 4.69) is 20.6 Å². The predicted molar refractivity (Wildman–Crippen MR) is 82.8 cm³/mol. The Morgan fingerprint density at radius 1 is 1.29 bits per heavy atom. The number of anilines is 1. The molecule has 0 aliphatic carbocycles. The molecule has 2 N–H and O–H groups in total. The van der Waals surface area contributed by atoms with Crippen LogP contribution in [0.1, 0.15) is 18.5 Å². The fourth-order valence-corrected chi connectivity index (χ4v) is 1.98. The maximum atomic E-state index is 12.9. The van der Waals surface area contributed by atoms with Gasteiger partial charge in [0.2, 0.25) is 5.88 Å². The molecular weight excluding hydrogens is 291 g/mol. The number of hydrogen-bond acceptors (Lipinski definition) is 4. The quantitative estimate of drug-likeness (QED) is 0.847. The molecule has 21 heavy (non-hydrogen) atoms. The van der Waals surface area contributed by atoms with Crippen molar-refractivity contribution < 1.29 is 9.13 Å². The third-order valence-electron chi connectivity index (χ3n) is 2.81. The van der Waals surface area contributed by atoms with Gasteiger partial charge in [-0.1, -0.05) is 12.1 Å². The zero-order valence-corrected chi connectivity index (χ0v) is 12.4. The fourth-order valence-electron chi connectivity index (χ4n) is 1.70. The molecule has 5 nitrogen and oxygen atoms in total. The molecule has 0 amide bonds. The fraction of sp³-hybridized carbons (Fsp3) is 0.214. The number of halogens is 1. The molecule has 0 fully saturated rings. The van der Waals surface area contributed by atoms with E-state index in [-0.39, 0.29) is 11.9 Å². The van der Waals surface area contributed by atoms with Crippen LogP contribution in [0.15, 0.2) is 36.7 Å². The summed E-state index contributed by atoms with van der Waals surface area (Å²) in [6.45, 7) is 1.93. The summed E-state index contributed by atoms with van der Waals surface area (Å²) in [5.74, 6) is 0.715. The van der Waals surface area contributed by atoms with Gasteiger partial charge in [-0.2, -0.15) is 0 Å². The van der Waals surface area contributed by atoms with Crippen LogP contribution in [0, 0.1) is 5.82 Å². The molecule has 1 atom stereocenters. The van der Waals surface area contributed by atoms with Gasteiger partial charge in [-0.25, -0.2) is 14.4 Å². The highest BCUT2D eigenvalue weighted by molar-refractivity contribution is 7.80. The monoisotopic (exact) mass is 306 g/mol. The average Bonchev–Trinajstić information content (AvgIpc) is 2.47. The molecule has 110 valence electrons. The average molecular weight is 306 g/mol. The summed E-state index contributed by atoms with van der Waals surface area (Å²) in [5.41, 5.74) is 0.931. The normalized spacial score (nSPS) is 11.6. The molecule has 7 heteroatoms. The summed E-state index contributed by atoms with van der Waals surface area (Å²) < 4.78 is 17.9. The first kappa shape index (κ1) is 15.1. The van der Waals surface area contributed by atoms with Gasteiger partial charge in [0, 0.05) is 6.07 Å². The minimum absolute atomic E-state index is 0.0608. The van der Waals surface area contributed by atoms with Crippen molar-refractivity contribution in [3.8, 4) is 5.88 Å². The second kappa shape index (κ2) is 6.94. The van der Waals surface area contributed by atoms with E-state index in [0.717, 1.165) is 5.56 Å². The lowest BCUT2D eigenvalue weighted by atomic mass is 10.1. The minimum atomic E-state index is -0.264. The van der Waals surface area contributed by atoms with E-state index in [1.807, 2.05) is 6.92 Å². The van der Waals surface area contributed by atoms with Gasteiger partial charge >= 0.3 is 0 Å². The first-order chi connectivity index (χ1) is 10.1. The number of nitrogens with zero attached hydrogens (tertiary/aromatic N) is 2. The zero-order valence-electron chi connectivity index (χ0n) is 11.6. The number of methoxy groups -OCH3 is 1. The van der Waals surface area contributed by atoms with Crippen molar-refractivity contribution in [3.05, 3.63) is 48.0 Å². The lowest BCUT2D eigenvalue weighted by Gasteiger charge is -2.17. The first-order valence-electron chi connectivity index (χ1n) is 6.27. The molecule has 0 aliphatic heterocycles. The van der Waals surface area contributed by atoms with Gasteiger partial charge in [-0.15, -0.1) is 0 Å². The van der Waals surface area contributed by atoms with Crippen molar-refractivity contribution in [2.24, 2.45) is 0 Å². The van der Waals surface area contributed by atoms with Crippen molar-refractivity contribution in [2.45, 2.75) is 13.0 Å². The molecule has 1 aromatic heterocycles. The Morgan fingerprint density at radius 3 is 2.67 bits per heavy atom. The van der Waals surface area contributed by atoms with Crippen LogP contribution in [0.4, 0.5) is 10.2 Å². The third-order valence-corrected chi connectivity index (χ3v) is 3.03. The number of nitrogens with one attached hydrogen (secondary N) is 2. The van der Waals surface area contributed by atoms with E-state index in [9.17, 15) is 4.39 Å². The standard InChI is InChI=1S/C14H15FN4OS/c1-9(10-3-5-11(15)6-4-10)18-14(21)19-12-7-13(20-2)17-8-16-12/h3-9H,1-2H3,(H2,16,17,18,19,21)/t9-/m0/s1. The highest BCUT2D eigenvalue weighted by atomic mass is 32.1. The Hall–Kier alpha value is -2.28. The van der Waals surface area contributed by atoms with Crippen molar-refractivity contribution >= 4 is 23.1 Å². The Balaban J connectivity index is 1.96. The van der Waals surface area contributed by atoms with E-state index in [1.165, 1.54) is 25.6 Å². The predicted octanol–water partition coefficient (Wildman–Crippen LogP) is 2.67. The Labute approximate surface area is 127 Å². The van der Waals surface area contributed by atoms with Gasteiger partial charge in [0.1, 0.15) is 18.0 Å². The second-order valence-electron chi connectivity index (χ2n) is 4.32. The summed E-state index contributed by atoms with van der Waals surface area (Å²) in [5, 5.41) is 6.45. The largest absolute Gasteiger partial charge is 0.481 e. The SMILES string of the molecule is COc1cc(NC(=S)N[C@@H](C)c2ccc(F)cc2)ncn1. The van der Waals surface area contributed by atoms with Crippen LogP contribution in [-0.2, 0) is 0 Å². The third kappa shape index (κ3) is 4.35. The van der Waals surface area contributed by atoms with Crippen LogP contribution >= 0.6 is 12.2 Å².